The highest BCUT2D eigenvalue weighted by molar-refractivity contribution is 7.97. The molecule has 0 spiro atoms. The second kappa shape index (κ2) is 7.30. The van der Waals surface area contributed by atoms with Gasteiger partial charge in [0.1, 0.15) is 0 Å². The van der Waals surface area contributed by atoms with Gasteiger partial charge < -0.3 is 4.90 Å². The summed E-state index contributed by atoms with van der Waals surface area (Å²) >= 11 is 1.47. The zero-order valence-corrected chi connectivity index (χ0v) is 15.1. The van der Waals surface area contributed by atoms with E-state index in [-0.39, 0.29) is 0 Å². The molecule has 1 atom stereocenters. The molecular formula is C19H21F3N2S. The molecule has 0 aliphatic carbocycles. The van der Waals surface area contributed by atoms with Crippen LogP contribution in [0.5, 0.6) is 0 Å². The van der Waals surface area contributed by atoms with Crippen LogP contribution in [0.2, 0.25) is 0 Å². The van der Waals surface area contributed by atoms with Crippen LogP contribution in [0.1, 0.15) is 18.1 Å². The second-order valence-corrected chi connectivity index (χ2v) is 7.62. The molecule has 3 rings (SSSR count). The molecule has 0 saturated heterocycles. The monoisotopic (exact) mass is 366 g/mol. The summed E-state index contributed by atoms with van der Waals surface area (Å²) in [4.78, 5) is 3.21. The largest absolute Gasteiger partial charge is 0.416 e. The molecule has 1 aliphatic rings. The minimum atomic E-state index is -4.28. The Kier molecular flexibility index (Phi) is 5.29. The lowest BCUT2D eigenvalue weighted by Gasteiger charge is -2.30. The van der Waals surface area contributed by atoms with Crippen molar-refractivity contribution in [3.63, 3.8) is 0 Å². The van der Waals surface area contributed by atoms with Crippen molar-refractivity contribution < 1.29 is 13.2 Å². The minimum absolute atomic E-state index is 0.329. The number of likely N-dealkylation sites (N-methyl/N-ethyl adjacent to an activating group) is 1. The van der Waals surface area contributed by atoms with Crippen molar-refractivity contribution in [2.45, 2.75) is 30.5 Å². The van der Waals surface area contributed by atoms with Gasteiger partial charge in [0.05, 0.1) is 5.56 Å². The van der Waals surface area contributed by atoms with E-state index in [4.69, 9.17) is 0 Å². The Bertz CT molecular complexity index is 715. The molecule has 6 heteroatoms. The van der Waals surface area contributed by atoms with E-state index in [1.807, 2.05) is 7.05 Å². The van der Waals surface area contributed by atoms with E-state index in [0.717, 1.165) is 36.5 Å². The fourth-order valence-electron chi connectivity index (χ4n) is 3.21. The number of nitrogens with zero attached hydrogens (tertiary/aromatic N) is 2. The first kappa shape index (κ1) is 18.1. The molecule has 134 valence electrons. The maximum Gasteiger partial charge on any atom is 0.416 e. The summed E-state index contributed by atoms with van der Waals surface area (Å²) in [6.45, 7) is 4.02. The highest BCUT2D eigenvalue weighted by atomic mass is 32.2. The third kappa shape index (κ3) is 4.30. The van der Waals surface area contributed by atoms with Gasteiger partial charge in [-0.15, -0.1) is 0 Å². The van der Waals surface area contributed by atoms with Crippen molar-refractivity contribution in [1.29, 1.82) is 0 Å². The van der Waals surface area contributed by atoms with Gasteiger partial charge in [-0.2, -0.15) is 13.2 Å². The fraction of sp³-hybridized carbons (Fsp3) is 0.368. The van der Waals surface area contributed by atoms with Crippen LogP contribution in [0.25, 0.3) is 0 Å². The molecule has 0 aromatic heterocycles. The molecule has 0 bridgehead atoms. The van der Waals surface area contributed by atoms with Crippen LogP contribution in [0.3, 0.4) is 0 Å². The first-order valence-corrected chi connectivity index (χ1v) is 9.03. The van der Waals surface area contributed by atoms with Crippen LogP contribution in [0.4, 0.5) is 18.9 Å². The van der Waals surface area contributed by atoms with Gasteiger partial charge >= 0.3 is 6.18 Å². The SMILES string of the molecule is CC(CN(C)Sc1ccc(C(F)(F)F)cc1)N1CCc2ccccc21. The topological polar surface area (TPSA) is 6.48 Å². The molecule has 0 radical (unpaired) electrons. The summed E-state index contributed by atoms with van der Waals surface area (Å²) in [6.07, 6.45) is -3.22. The average Bonchev–Trinajstić information content (AvgIpc) is 2.98. The summed E-state index contributed by atoms with van der Waals surface area (Å²) in [5.41, 5.74) is 2.07. The predicted molar refractivity (Wildman–Crippen MR) is 96.9 cm³/mol. The Morgan fingerprint density at radius 3 is 2.48 bits per heavy atom. The van der Waals surface area contributed by atoms with Gasteiger partial charge in [0.25, 0.3) is 0 Å². The second-order valence-electron chi connectivity index (χ2n) is 6.35. The number of anilines is 1. The number of alkyl halides is 3. The van der Waals surface area contributed by atoms with E-state index < -0.39 is 11.7 Å². The van der Waals surface area contributed by atoms with Crippen LogP contribution in [0.15, 0.2) is 53.4 Å². The third-order valence-electron chi connectivity index (χ3n) is 4.42. The van der Waals surface area contributed by atoms with Gasteiger partial charge in [-0.3, -0.25) is 0 Å². The predicted octanol–water partition coefficient (Wildman–Crippen LogP) is 5.10. The van der Waals surface area contributed by atoms with Crippen molar-refractivity contribution in [3.8, 4) is 0 Å². The molecule has 0 N–H and O–H groups in total. The Morgan fingerprint density at radius 1 is 1.12 bits per heavy atom. The minimum Gasteiger partial charge on any atom is -0.367 e. The summed E-state index contributed by atoms with van der Waals surface area (Å²) in [5.74, 6) is 0. The molecular weight excluding hydrogens is 345 g/mol. The highest BCUT2D eigenvalue weighted by Crippen LogP contribution is 2.32. The van der Waals surface area contributed by atoms with E-state index in [9.17, 15) is 13.2 Å². The van der Waals surface area contributed by atoms with E-state index in [1.54, 1.807) is 0 Å². The zero-order valence-electron chi connectivity index (χ0n) is 14.3. The van der Waals surface area contributed by atoms with Crippen LogP contribution in [0, 0.1) is 0 Å². The van der Waals surface area contributed by atoms with Gasteiger partial charge in [0, 0.05) is 29.7 Å². The van der Waals surface area contributed by atoms with Gasteiger partial charge in [-0.1, -0.05) is 18.2 Å². The van der Waals surface area contributed by atoms with E-state index in [0.29, 0.717) is 6.04 Å². The summed E-state index contributed by atoms with van der Waals surface area (Å²) in [5, 5.41) is 0. The van der Waals surface area contributed by atoms with Crippen molar-refractivity contribution >= 4 is 17.6 Å². The van der Waals surface area contributed by atoms with Gasteiger partial charge in [-0.05, 0) is 68.2 Å². The molecule has 2 aromatic rings. The molecule has 0 fully saturated rings. The van der Waals surface area contributed by atoms with Crippen LogP contribution >= 0.6 is 11.9 Å². The van der Waals surface area contributed by atoms with Gasteiger partial charge in [0.15, 0.2) is 0 Å². The van der Waals surface area contributed by atoms with Crippen molar-refractivity contribution in [3.05, 3.63) is 59.7 Å². The number of halogens is 3. The zero-order chi connectivity index (χ0) is 18.0. The summed E-state index contributed by atoms with van der Waals surface area (Å²) < 4.78 is 40.0. The lowest BCUT2D eigenvalue weighted by molar-refractivity contribution is -0.137. The molecule has 2 aromatic carbocycles. The van der Waals surface area contributed by atoms with Crippen molar-refractivity contribution in [1.82, 2.24) is 4.31 Å². The number of hydrogen-bond donors (Lipinski definition) is 0. The molecule has 1 heterocycles. The molecule has 0 amide bonds. The summed E-state index contributed by atoms with van der Waals surface area (Å²) in [6, 6.07) is 14.1. The lowest BCUT2D eigenvalue weighted by atomic mass is 10.2. The third-order valence-corrected chi connectivity index (χ3v) is 5.36. The number of hydrogen-bond acceptors (Lipinski definition) is 3. The Labute approximate surface area is 150 Å². The maximum absolute atomic E-state index is 12.6. The summed E-state index contributed by atoms with van der Waals surface area (Å²) in [7, 11) is 1.97. The number of para-hydroxylation sites is 1. The maximum atomic E-state index is 12.6. The van der Waals surface area contributed by atoms with Crippen molar-refractivity contribution in [2.24, 2.45) is 0 Å². The number of benzene rings is 2. The Balaban J connectivity index is 1.58. The quantitative estimate of drug-likeness (QED) is 0.680. The Hall–Kier alpha value is -1.66. The molecule has 1 aliphatic heterocycles. The van der Waals surface area contributed by atoms with Gasteiger partial charge in [0.2, 0.25) is 0 Å². The average molecular weight is 366 g/mol. The van der Waals surface area contributed by atoms with E-state index in [1.165, 1.54) is 35.3 Å². The first-order chi connectivity index (χ1) is 11.8. The smallest absolute Gasteiger partial charge is 0.367 e. The normalized spacial score (nSPS) is 15.5. The molecule has 25 heavy (non-hydrogen) atoms. The van der Waals surface area contributed by atoms with Gasteiger partial charge in [-0.25, -0.2) is 4.31 Å². The fourth-order valence-corrected chi connectivity index (χ4v) is 4.12. The standard InChI is InChI=1S/C19H21F3N2S/c1-14(24-12-11-15-5-3-4-6-18(15)24)13-23(2)25-17-9-7-16(8-10-17)19(20,21)22/h3-10,14H,11-13H2,1-2H3. The van der Waals surface area contributed by atoms with E-state index in [2.05, 4.69) is 40.4 Å². The van der Waals surface area contributed by atoms with Crippen molar-refractivity contribution in [2.75, 3.05) is 25.0 Å². The molecule has 2 nitrogen and oxygen atoms in total. The molecule has 1 unspecified atom stereocenters. The Morgan fingerprint density at radius 2 is 1.80 bits per heavy atom. The van der Waals surface area contributed by atoms with Crippen LogP contribution < -0.4 is 4.90 Å². The van der Waals surface area contributed by atoms with Crippen LogP contribution in [-0.2, 0) is 12.6 Å². The number of fused-ring (bicyclic) bond motifs is 1. The van der Waals surface area contributed by atoms with E-state index >= 15 is 0 Å². The number of rotatable bonds is 5. The lowest BCUT2D eigenvalue weighted by Crippen LogP contribution is -2.38. The van der Waals surface area contributed by atoms with Crippen LogP contribution in [-0.4, -0.2) is 30.5 Å². The first-order valence-electron chi connectivity index (χ1n) is 8.25. The molecule has 0 saturated carbocycles. The highest BCUT2D eigenvalue weighted by Gasteiger charge is 2.30.